The van der Waals surface area contributed by atoms with Crippen LogP contribution in [0.5, 0.6) is 11.5 Å². The zero-order chi connectivity index (χ0) is 22.2. The van der Waals surface area contributed by atoms with E-state index < -0.39 is 0 Å². The Morgan fingerprint density at radius 2 is 1.79 bits per heavy atom. The molecule has 33 heavy (non-hydrogen) atoms. The molecule has 0 radical (unpaired) electrons. The third-order valence-corrected chi connectivity index (χ3v) is 5.98. The van der Waals surface area contributed by atoms with Gasteiger partial charge >= 0.3 is 0 Å². The lowest BCUT2D eigenvalue weighted by atomic mass is 9.90. The van der Waals surface area contributed by atoms with Crippen molar-refractivity contribution >= 4 is 41.5 Å². The number of carbonyl (C=O) groups excluding carboxylic acids is 1. The van der Waals surface area contributed by atoms with Gasteiger partial charge in [-0.2, -0.15) is 0 Å². The fraction of sp³-hybridized carbons (Fsp3) is 0.440. The van der Waals surface area contributed by atoms with Gasteiger partial charge in [-0.15, -0.1) is 24.0 Å². The largest absolute Gasteiger partial charge is 0.490 e. The summed E-state index contributed by atoms with van der Waals surface area (Å²) in [7, 11) is 1.69. The van der Waals surface area contributed by atoms with E-state index in [1.54, 1.807) is 7.05 Å². The molecule has 2 aliphatic heterocycles. The number of guanidine groups is 1. The SMILES string of the molecule is CN=C(NCC(=O)N1CCC(Cc2ccccc2)CC1)Nc1ccc2c(c1)OCCCO2.I. The first-order valence-electron chi connectivity index (χ1n) is 11.4. The Labute approximate surface area is 213 Å². The molecule has 7 nitrogen and oxygen atoms in total. The van der Waals surface area contributed by atoms with Crippen molar-refractivity contribution in [3.8, 4) is 11.5 Å². The number of ether oxygens (including phenoxy) is 2. The quantitative estimate of drug-likeness (QED) is 0.327. The molecule has 1 fully saturated rings. The standard InChI is InChI=1S/C25H32N4O3.HI/c1-26-25(28-21-8-9-22-23(17-21)32-15-5-14-31-22)27-18-24(30)29-12-10-20(11-13-29)16-19-6-3-2-4-7-19;/h2-4,6-9,17,20H,5,10-16,18H2,1H3,(H2,26,27,28);1H. The summed E-state index contributed by atoms with van der Waals surface area (Å²) >= 11 is 0. The number of hydrogen-bond acceptors (Lipinski definition) is 4. The van der Waals surface area contributed by atoms with Gasteiger partial charge < -0.3 is 25.0 Å². The predicted octanol–water partition coefficient (Wildman–Crippen LogP) is 3.93. The van der Waals surface area contributed by atoms with Crippen LogP contribution in [0, 0.1) is 5.92 Å². The van der Waals surface area contributed by atoms with E-state index in [1.807, 2.05) is 23.1 Å². The van der Waals surface area contributed by atoms with Crippen molar-refractivity contribution < 1.29 is 14.3 Å². The molecule has 8 heteroatoms. The first-order valence-corrected chi connectivity index (χ1v) is 11.4. The molecule has 2 aromatic carbocycles. The van der Waals surface area contributed by atoms with Gasteiger partial charge in [0.2, 0.25) is 5.91 Å². The fourth-order valence-corrected chi connectivity index (χ4v) is 4.16. The van der Waals surface area contributed by atoms with Crippen LogP contribution in [0.25, 0.3) is 0 Å². The molecule has 0 bridgehead atoms. The first-order chi connectivity index (χ1) is 15.7. The predicted molar refractivity (Wildman–Crippen MR) is 142 cm³/mol. The Morgan fingerprint density at radius 3 is 2.52 bits per heavy atom. The van der Waals surface area contributed by atoms with Crippen molar-refractivity contribution in [1.29, 1.82) is 0 Å². The minimum Gasteiger partial charge on any atom is -0.490 e. The lowest BCUT2D eigenvalue weighted by molar-refractivity contribution is -0.131. The highest BCUT2D eigenvalue weighted by Gasteiger charge is 2.23. The summed E-state index contributed by atoms with van der Waals surface area (Å²) < 4.78 is 11.4. The molecule has 4 rings (SSSR count). The summed E-state index contributed by atoms with van der Waals surface area (Å²) in [6, 6.07) is 16.3. The highest BCUT2D eigenvalue weighted by Crippen LogP contribution is 2.32. The summed E-state index contributed by atoms with van der Waals surface area (Å²) in [6.07, 6.45) is 4.05. The van der Waals surface area contributed by atoms with E-state index in [0.717, 1.165) is 56.0 Å². The number of halogens is 1. The number of aliphatic imine (C=N–C) groups is 1. The molecular weight excluding hydrogens is 531 g/mol. The van der Waals surface area contributed by atoms with Crippen LogP contribution in [-0.2, 0) is 11.2 Å². The molecule has 1 amide bonds. The molecule has 0 spiro atoms. The summed E-state index contributed by atoms with van der Waals surface area (Å²) in [5.74, 6) is 2.76. The van der Waals surface area contributed by atoms with E-state index >= 15 is 0 Å². The summed E-state index contributed by atoms with van der Waals surface area (Å²) in [4.78, 5) is 18.9. The van der Waals surface area contributed by atoms with Crippen LogP contribution >= 0.6 is 24.0 Å². The van der Waals surface area contributed by atoms with Gasteiger partial charge in [-0.1, -0.05) is 30.3 Å². The number of rotatable bonds is 5. The molecule has 0 unspecified atom stereocenters. The van der Waals surface area contributed by atoms with Crippen LogP contribution in [0.1, 0.15) is 24.8 Å². The monoisotopic (exact) mass is 564 g/mol. The van der Waals surface area contributed by atoms with Crippen molar-refractivity contribution in [1.82, 2.24) is 10.2 Å². The Balaban J connectivity index is 0.00000306. The molecule has 1 saturated heterocycles. The lowest BCUT2D eigenvalue weighted by Crippen LogP contribution is -2.45. The lowest BCUT2D eigenvalue weighted by Gasteiger charge is -2.32. The van der Waals surface area contributed by atoms with Gasteiger partial charge in [-0.3, -0.25) is 9.79 Å². The number of hydrogen-bond donors (Lipinski definition) is 2. The number of likely N-dealkylation sites (tertiary alicyclic amines) is 1. The number of benzene rings is 2. The number of anilines is 1. The average Bonchev–Trinajstić information content (AvgIpc) is 3.07. The summed E-state index contributed by atoms with van der Waals surface area (Å²) in [5.41, 5.74) is 2.21. The molecule has 2 aromatic rings. The van der Waals surface area contributed by atoms with Crippen LogP contribution in [0.3, 0.4) is 0 Å². The first kappa shape index (κ1) is 25.1. The maximum absolute atomic E-state index is 12.7. The van der Waals surface area contributed by atoms with Crippen molar-refractivity contribution in [3.05, 3.63) is 54.1 Å². The zero-order valence-corrected chi connectivity index (χ0v) is 21.4. The molecule has 2 N–H and O–H groups in total. The van der Waals surface area contributed by atoms with Crippen LogP contribution in [0.4, 0.5) is 5.69 Å². The van der Waals surface area contributed by atoms with Gasteiger partial charge in [0.25, 0.3) is 0 Å². The van der Waals surface area contributed by atoms with E-state index in [1.165, 1.54) is 5.56 Å². The molecule has 2 aliphatic rings. The van der Waals surface area contributed by atoms with Crippen molar-refractivity contribution in [2.45, 2.75) is 25.7 Å². The third kappa shape index (κ3) is 7.25. The molecule has 0 saturated carbocycles. The number of piperidine rings is 1. The normalized spacial score (nSPS) is 16.4. The zero-order valence-electron chi connectivity index (χ0n) is 19.1. The Morgan fingerprint density at radius 1 is 1.06 bits per heavy atom. The van der Waals surface area contributed by atoms with Gasteiger partial charge in [0.05, 0.1) is 19.8 Å². The average molecular weight is 564 g/mol. The Kier molecular flexibility index (Phi) is 9.65. The molecule has 0 aromatic heterocycles. The van der Waals surface area contributed by atoms with Crippen molar-refractivity contribution in [3.63, 3.8) is 0 Å². The van der Waals surface area contributed by atoms with Crippen LogP contribution in [0.2, 0.25) is 0 Å². The Hall–Kier alpha value is -2.49. The topological polar surface area (TPSA) is 75.2 Å². The number of amides is 1. The molecule has 0 atom stereocenters. The second-order valence-electron chi connectivity index (χ2n) is 8.28. The number of nitrogens with zero attached hydrogens (tertiary/aromatic N) is 2. The van der Waals surface area contributed by atoms with Gasteiger partial charge in [0, 0.05) is 38.3 Å². The second-order valence-corrected chi connectivity index (χ2v) is 8.28. The number of carbonyl (C=O) groups is 1. The highest BCUT2D eigenvalue weighted by molar-refractivity contribution is 14.0. The summed E-state index contributed by atoms with van der Waals surface area (Å²) in [6.45, 7) is 3.14. The second kappa shape index (κ2) is 12.7. The van der Waals surface area contributed by atoms with E-state index in [2.05, 4.69) is 46.0 Å². The minimum atomic E-state index is 0. The molecule has 178 valence electrons. The minimum absolute atomic E-state index is 0. The smallest absolute Gasteiger partial charge is 0.241 e. The maximum atomic E-state index is 12.7. The number of nitrogens with one attached hydrogen (secondary N) is 2. The van der Waals surface area contributed by atoms with E-state index in [4.69, 9.17) is 9.47 Å². The molecular formula is C25H33IN4O3. The van der Waals surface area contributed by atoms with Gasteiger partial charge in [-0.25, -0.2) is 0 Å². The van der Waals surface area contributed by atoms with Crippen LogP contribution < -0.4 is 20.1 Å². The third-order valence-electron chi connectivity index (χ3n) is 5.98. The van der Waals surface area contributed by atoms with Crippen molar-refractivity contribution in [2.75, 3.05) is 45.2 Å². The van der Waals surface area contributed by atoms with E-state index in [-0.39, 0.29) is 36.4 Å². The van der Waals surface area contributed by atoms with E-state index in [0.29, 0.717) is 25.1 Å². The molecule has 0 aliphatic carbocycles. The highest BCUT2D eigenvalue weighted by atomic mass is 127. The van der Waals surface area contributed by atoms with Gasteiger partial charge in [0.1, 0.15) is 0 Å². The van der Waals surface area contributed by atoms with Crippen molar-refractivity contribution in [2.24, 2.45) is 10.9 Å². The fourth-order valence-electron chi connectivity index (χ4n) is 4.16. The summed E-state index contributed by atoms with van der Waals surface area (Å²) in [5, 5.41) is 6.36. The van der Waals surface area contributed by atoms with E-state index in [9.17, 15) is 4.79 Å². The van der Waals surface area contributed by atoms with Crippen LogP contribution in [0.15, 0.2) is 53.5 Å². The molecule has 2 heterocycles. The maximum Gasteiger partial charge on any atom is 0.241 e. The Bertz CT molecular complexity index is 931. The van der Waals surface area contributed by atoms with Crippen LogP contribution in [-0.4, -0.2) is 56.7 Å². The van der Waals surface area contributed by atoms with Gasteiger partial charge in [-0.05, 0) is 42.9 Å². The number of fused-ring (bicyclic) bond motifs is 1. The van der Waals surface area contributed by atoms with Gasteiger partial charge in [0.15, 0.2) is 17.5 Å².